The molecule has 16 N–H and O–H groups in total. The van der Waals surface area contributed by atoms with Gasteiger partial charge in [0, 0.05) is 18.7 Å². The van der Waals surface area contributed by atoms with Crippen LogP contribution >= 0.6 is 15.6 Å². The Morgan fingerprint density at radius 1 is 0.935 bits per heavy atom. The molecule has 16 nitrogen and oxygen atoms in total. The van der Waals surface area contributed by atoms with Crippen LogP contribution < -0.4 is 53.1 Å². The molecule has 0 fully saturated rings. The van der Waals surface area contributed by atoms with Crippen molar-refractivity contribution in [1.29, 1.82) is 0 Å². The molecule has 0 saturated carbocycles. The van der Waals surface area contributed by atoms with Crippen LogP contribution in [0.5, 0.6) is 17.2 Å². The largest absolute Gasteiger partial charge is 0.780 e. The van der Waals surface area contributed by atoms with E-state index in [4.69, 9.17) is 4.52 Å². The predicted octanol–water partition coefficient (Wildman–Crippen LogP) is 4.31. The van der Waals surface area contributed by atoms with Crippen molar-refractivity contribution in [3.05, 3.63) is 70.8 Å². The first-order valence-electron chi connectivity index (χ1n) is 13.6. The molecular weight excluding hydrogens is 642 g/mol. The van der Waals surface area contributed by atoms with Gasteiger partial charge < -0.3 is 51.0 Å². The maximum atomic E-state index is 14.0. The average molecular weight is 689 g/mol. The number of anilines is 3. The lowest BCUT2D eigenvalue weighted by atomic mass is 10.1. The summed E-state index contributed by atoms with van der Waals surface area (Å²) in [6.07, 6.45) is 9.67. The van der Waals surface area contributed by atoms with Crippen LogP contribution in [0.25, 0.3) is 0 Å². The van der Waals surface area contributed by atoms with Gasteiger partial charge in [-0.3, -0.25) is 4.79 Å². The fraction of sp³-hybridized carbons (Fsp3) is 0.321. The number of hydrogen-bond acceptors (Lipinski definition) is 11. The van der Waals surface area contributed by atoms with Crippen molar-refractivity contribution in [3.8, 4) is 17.2 Å². The van der Waals surface area contributed by atoms with E-state index < -0.39 is 33.1 Å². The molecule has 0 aliphatic carbocycles. The fourth-order valence-corrected chi connectivity index (χ4v) is 5.32. The average Bonchev–Trinajstić information content (AvgIpc) is 3.05. The summed E-state index contributed by atoms with van der Waals surface area (Å²) < 4.78 is 43.0. The number of benzene rings is 2. The number of allylic oxidation sites excluding steroid dienone is 5. The summed E-state index contributed by atoms with van der Waals surface area (Å²) in [5.74, 6) is 4.35. The number of nitrogens with one attached hydrogen (secondary N) is 1. The molecule has 2 aromatic carbocycles. The van der Waals surface area contributed by atoms with Gasteiger partial charge in [-0.05, 0) is 65.5 Å². The van der Waals surface area contributed by atoms with Crippen LogP contribution in [0.15, 0.2) is 65.3 Å². The van der Waals surface area contributed by atoms with Gasteiger partial charge in [-0.25, -0.2) is 4.57 Å². The summed E-state index contributed by atoms with van der Waals surface area (Å²) in [5, 5.41) is 13.8. The van der Waals surface area contributed by atoms with Gasteiger partial charge in [-0.2, -0.15) is 11.8 Å². The Kier molecular flexibility index (Phi) is 15.3. The number of phosphoric acid groups is 2. The third-order valence-electron chi connectivity index (χ3n) is 6.60. The lowest BCUT2D eigenvalue weighted by Crippen LogP contribution is -2.54. The fourth-order valence-electron chi connectivity index (χ4n) is 4.38. The third-order valence-corrected chi connectivity index (χ3v) is 8.09. The van der Waals surface area contributed by atoms with E-state index in [1.807, 2.05) is 13.0 Å². The second-order valence-electron chi connectivity index (χ2n) is 10.4. The summed E-state index contributed by atoms with van der Waals surface area (Å²) >= 11 is 0. The maximum absolute atomic E-state index is 14.0. The first-order valence-corrected chi connectivity index (χ1v) is 16.5. The monoisotopic (exact) mass is 688 g/mol. The molecule has 1 heterocycles. The molecule has 1 amide bonds. The second kappa shape index (κ2) is 17.4. The van der Waals surface area contributed by atoms with Crippen molar-refractivity contribution >= 4 is 38.6 Å². The first-order chi connectivity index (χ1) is 20.7. The Hall–Kier alpha value is -3.53. The molecule has 0 bridgehead atoms. The highest BCUT2D eigenvalue weighted by atomic mass is 31.2. The molecule has 0 radical (unpaired) electrons. The molecule has 0 aromatic heterocycles. The van der Waals surface area contributed by atoms with E-state index in [1.165, 1.54) is 34.2 Å². The number of amides is 1. The lowest BCUT2D eigenvalue weighted by molar-refractivity contribution is -0.682. The van der Waals surface area contributed by atoms with Crippen molar-refractivity contribution in [2.45, 2.75) is 53.4 Å². The third kappa shape index (κ3) is 11.1. The zero-order valence-corrected chi connectivity index (χ0v) is 28.8. The predicted molar refractivity (Wildman–Crippen MR) is 171 cm³/mol. The van der Waals surface area contributed by atoms with Crippen molar-refractivity contribution in [3.63, 3.8) is 0 Å². The number of para-hydroxylation sites is 1. The highest BCUT2D eigenvalue weighted by molar-refractivity contribution is 7.48. The maximum Gasteiger partial charge on any atom is 0.624 e. The van der Waals surface area contributed by atoms with Crippen LogP contribution in [0.3, 0.4) is 0 Å². The number of aromatic hydroxyl groups is 1. The normalized spacial score (nSPS) is 13.3. The molecule has 0 atom stereocenters. The van der Waals surface area contributed by atoms with E-state index in [9.17, 15) is 28.8 Å². The minimum Gasteiger partial charge on any atom is -0.780 e. The van der Waals surface area contributed by atoms with E-state index in [-0.39, 0.29) is 47.2 Å². The molecule has 0 saturated heterocycles. The number of nitrogens with zero attached hydrogens (tertiary/aromatic N) is 1. The summed E-state index contributed by atoms with van der Waals surface area (Å²) in [4.78, 5) is 37.9. The van der Waals surface area contributed by atoms with Crippen LogP contribution in [0.1, 0.15) is 63.7 Å². The molecule has 3 rings (SSSR count). The van der Waals surface area contributed by atoms with E-state index in [0.717, 1.165) is 43.4 Å². The van der Waals surface area contributed by atoms with Crippen molar-refractivity contribution in [2.24, 2.45) is 0 Å². The molecule has 2 aromatic rings. The van der Waals surface area contributed by atoms with Gasteiger partial charge in [0.25, 0.3) is 5.91 Å². The van der Waals surface area contributed by atoms with Gasteiger partial charge >= 0.3 is 7.82 Å². The van der Waals surface area contributed by atoms with Gasteiger partial charge in [0.2, 0.25) is 0 Å². The Balaban J connectivity index is 0.00000529. The Labute approximate surface area is 268 Å². The van der Waals surface area contributed by atoms with Gasteiger partial charge in [0.15, 0.2) is 5.75 Å². The van der Waals surface area contributed by atoms with Gasteiger partial charge in [0.1, 0.15) is 25.0 Å². The van der Waals surface area contributed by atoms with E-state index in [2.05, 4.69) is 63.8 Å². The first kappa shape index (κ1) is 40.5. The SMILES string of the molecule is CC(C)=CCC/C(C)=C/CC/C(C)=C/CN1C(=O)c2cccc(OP(=O)(O[NH3+])O[NH3+])c2Nc2c(O)cc(OP(=O)([O-])[O-])cc21.[NH4+].[NH4+]. The standard InChI is InChI=1S/C28H38N4O10P2.2H3N/c1-18(2)8-5-9-19(3)10-6-11-20(4)14-15-32-23-16-21(39-43(35,36)37)17-24(33)27(23)31-26-22(28(32)34)12-7-13-25(26)40-44(38,41-29)42-30;;/h7-8,10,12-14,16-17H,5-6,9,11,15H2,1-4,29-30H3,(H2-2,31,33,34,35,36,37);2*1H3/p+2/b19-10+,20-14+;;. The molecule has 0 spiro atoms. The number of phenolic OH excluding ortho intramolecular Hbond substituents is 1. The van der Waals surface area contributed by atoms with E-state index in [1.54, 1.807) is 0 Å². The number of rotatable bonds is 14. The van der Waals surface area contributed by atoms with Crippen LogP contribution in [0.2, 0.25) is 0 Å². The smallest absolute Gasteiger partial charge is 0.624 e. The Morgan fingerprint density at radius 2 is 1.54 bits per heavy atom. The number of carbonyl (C=O) groups is 1. The second-order valence-corrected chi connectivity index (χ2v) is 13.0. The molecule has 0 unspecified atom stereocenters. The zero-order valence-electron chi connectivity index (χ0n) is 27.0. The van der Waals surface area contributed by atoms with Crippen LogP contribution in [-0.2, 0) is 18.4 Å². The zero-order chi connectivity index (χ0) is 32.7. The molecule has 18 heteroatoms. The highest BCUT2D eigenvalue weighted by Crippen LogP contribution is 2.51. The highest BCUT2D eigenvalue weighted by Gasteiger charge is 2.36. The quantitative estimate of drug-likeness (QED) is 0.0703. The van der Waals surface area contributed by atoms with Crippen molar-refractivity contribution in [2.75, 3.05) is 16.8 Å². The van der Waals surface area contributed by atoms with Crippen LogP contribution in [0, 0.1) is 0 Å². The minimum absolute atomic E-state index is 0. The van der Waals surface area contributed by atoms with Crippen LogP contribution in [-0.4, -0.2) is 17.6 Å². The van der Waals surface area contributed by atoms with E-state index in [0.29, 0.717) is 0 Å². The summed E-state index contributed by atoms with van der Waals surface area (Å²) in [6.45, 7) is 8.16. The summed E-state index contributed by atoms with van der Waals surface area (Å²) in [7, 11) is -9.77. The van der Waals surface area contributed by atoms with Crippen molar-refractivity contribution in [1.82, 2.24) is 12.3 Å². The number of hydrogen-bond donors (Lipinski definition) is 6. The Bertz CT molecular complexity index is 1560. The molecule has 1 aliphatic heterocycles. The number of quaternary nitrogens is 4. The molecule has 46 heavy (non-hydrogen) atoms. The Morgan fingerprint density at radius 3 is 2.13 bits per heavy atom. The molecule has 1 aliphatic rings. The van der Waals surface area contributed by atoms with Crippen molar-refractivity contribution < 1.29 is 58.9 Å². The van der Waals surface area contributed by atoms with Crippen LogP contribution in [0.4, 0.5) is 17.1 Å². The van der Waals surface area contributed by atoms with Gasteiger partial charge in [-0.15, -0.1) is 0 Å². The summed E-state index contributed by atoms with van der Waals surface area (Å²) in [5.41, 5.74) is 3.53. The lowest BCUT2D eigenvalue weighted by Gasteiger charge is -2.30. The topological polar surface area (TPSA) is 298 Å². The van der Waals surface area contributed by atoms with Gasteiger partial charge in [0.05, 0.1) is 16.9 Å². The van der Waals surface area contributed by atoms with Gasteiger partial charge in [-0.1, -0.05) is 50.3 Å². The summed E-state index contributed by atoms with van der Waals surface area (Å²) in [6, 6.07) is 6.35. The number of carbonyl (C=O) groups excluding carboxylic acids is 1. The number of phenols is 1. The minimum atomic E-state index is -5.50. The number of phosphoric ester groups is 1. The van der Waals surface area contributed by atoms with E-state index >= 15 is 0 Å². The number of fused-ring (bicyclic) bond motifs is 2. The molecular formula is C28H46N6O10P2+2. The molecule has 256 valence electrons.